The molecule has 1 aliphatic carbocycles. The molecule has 1 unspecified atom stereocenters. The summed E-state index contributed by atoms with van der Waals surface area (Å²) in [6.45, 7) is 5.65. The van der Waals surface area contributed by atoms with Gasteiger partial charge in [0.2, 0.25) is 11.8 Å². The molecular weight excluding hydrogens is 727 g/mol. The van der Waals surface area contributed by atoms with Crippen molar-refractivity contribution in [3.05, 3.63) is 48.0 Å². The van der Waals surface area contributed by atoms with E-state index < -0.39 is 75.4 Å². The molecular formula is C41H63N3O10S. The van der Waals surface area contributed by atoms with Gasteiger partial charge in [0.15, 0.2) is 9.84 Å². The van der Waals surface area contributed by atoms with Crippen LogP contribution in [0.2, 0.25) is 0 Å². The van der Waals surface area contributed by atoms with E-state index in [0.29, 0.717) is 45.6 Å². The van der Waals surface area contributed by atoms with Crippen LogP contribution in [-0.2, 0) is 44.9 Å². The minimum atomic E-state index is -4.00. The third kappa shape index (κ3) is 14.7. The fourth-order valence-corrected chi connectivity index (χ4v) is 9.65. The Kier molecular flexibility index (Phi) is 18.3. The van der Waals surface area contributed by atoms with Crippen LogP contribution >= 0.6 is 0 Å². The predicted molar refractivity (Wildman–Crippen MR) is 211 cm³/mol. The number of unbranched alkanes of at least 4 members (excludes halogenated alkanes) is 1. The molecule has 2 amide bonds. The fourth-order valence-electron chi connectivity index (χ4n) is 7.90. The normalized spacial score (nSPS) is 19.1. The molecule has 2 fully saturated rings. The summed E-state index contributed by atoms with van der Waals surface area (Å²) < 4.78 is 43.2. The molecule has 0 radical (unpaired) electrons. The summed E-state index contributed by atoms with van der Waals surface area (Å²) in [5, 5.41) is 30.5. The lowest BCUT2D eigenvalue weighted by Gasteiger charge is -2.35. The molecule has 14 heteroatoms. The molecule has 2 aromatic carbocycles. The summed E-state index contributed by atoms with van der Waals surface area (Å²) in [6.07, 6.45) is 4.06. The number of β-amino-alcohol motifs (C(OH)–C–C–N with tert-alkyl or cyclic N) is 1. The zero-order chi connectivity index (χ0) is 39.8. The van der Waals surface area contributed by atoms with Crippen LogP contribution in [0.4, 0.5) is 0 Å². The number of hydrogen-bond donors (Lipinski definition) is 4. The van der Waals surface area contributed by atoms with E-state index in [1.807, 2.05) is 54.3 Å². The van der Waals surface area contributed by atoms with Crippen LogP contribution in [0, 0.1) is 11.8 Å². The number of aliphatic hydroxyl groups is 2. The van der Waals surface area contributed by atoms with Gasteiger partial charge in [0.25, 0.3) is 0 Å². The number of hydrogen-bond acceptors (Lipinski definition) is 11. The van der Waals surface area contributed by atoms with Gasteiger partial charge in [0.05, 0.1) is 49.4 Å². The molecule has 1 aliphatic heterocycles. The lowest BCUT2D eigenvalue weighted by Crippen LogP contribution is -2.57. The average Bonchev–Trinajstić information content (AvgIpc) is 3.16. The first-order valence-electron chi connectivity index (χ1n) is 20.0. The highest BCUT2D eigenvalue weighted by Gasteiger charge is 2.36. The number of esters is 1. The lowest BCUT2D eigenvalue weighted by atomic mass is 9.83. The highest BCUT2D eigenvalue weighted by Crippen LogP contribution is 2.29. The Morgan fingerprint density at radius 3 is 2.36 bits per heavy atom. The Hall–Kier alpha value is -3.14. The third-order valence-corrected chi connectivity index (χ3v) is 12.6. The number of methoxy groups -OCH3 is 1. The van der Waals surface area contributed by atoms with Gasteiger partial charge in [-0.2, -0.15) is 0 Å². The second-order valence-electron chi connectivity index (χ2n) is 15.3. The monoisotopic (exact) mass is 789 g/mol. The largest absolute Gasteiger partial charge is 0.459 e. The Morgan fingerprint density at radius 2 is 1.67 bits per heavy atom. The van der Waals surface area contributed by atoms with Crippen LogP contribution in [0.15, 0.2) is 42.5 Å². The first-order valence-corrected chi connectivity index (χ1v) is 21.8. The highest BCUT2D eigenvalue weighted by atomic mass is 32.2. The number of ether oxygens (including phenoxy) is 3. The number of sulfone groups is 1. The maximum absolute atomic E-state index is 14.3. The van der Waals surface area contributed by atoms with Crippen molar-refractivity contribution in [1.82, 2.24) is 15.5 Å². The zero-order valence-electron chi connectivity index (χ0n) is 32.8. The van der Waals surface area contributed by atoms with Crippen LogP contribution < -0.4 is 10.6 Å². The molecule has 4 rings (SSSR count). The number of carbonyl (C=O) groups excluding carboxylic acids is 3. The number of carbonyl (C=O) groups is 3. The summed E-state index contributed by atoms with van der Waals surface area (Å²) in [4.78, 5) is 42.3. The molecule has 0 spiro atoms. The van der Waals surface area contributed by atoms with Crippen molar-refractivity contribution >= 4 is 38.4 Å². The Balaban J connectivity index is 1.58. The minimum absolute atomic E-state index is 0.0772. The number of fused-ring (bicyclic) bond motifs is 1. The van der Waals surface area contributed by atoms with Crippen molar-refractivity contribution in [3.63, 3.8) is 0 Å². The van der Waals surface area contributed by atoms with Crippen LogP contribution in [0.5, 0.6) is 0 Å². The Morgan fingerprint density at radius 1 is 0.964 bits per heavy atom. The van der Waals surface area contributed by atoms with Crippen molar-refractivity contribution in [2.24, 2.45) is 11.8 Å². The molecule has 0 bridgehead atoms. The molecule has 0 aromatic heterocycles. The molecule has 2 aliphatic rings. The number of rotatable bonds is 22. The predicted octanol–water partition coefficient (Wildman–Crippen LogP) is 3.18. The van der Waals surface area contributed by atoms with E-state index >= 15 is 0 Å². The number of nitrogens with zero attached hydrogens (tertiary/aromatic N) is 1. The number of nitrogens with one attached hydrogen (secondary N) is 2. The molecule has 6 atom stereocenters. The summed E-state index contributed by atoms with van der Waals surface area (Å²) in [7, 11) is -2.62. The third-order valence-electron chi connectivity index (χ3n) is 10.8. The standard InChI is InChI=1S/C41H63N3O10S/c1-4-5-18-36(41(49)43-37(23-30-12-7-6-8-13-30)39(47)38(46)25-44-19-21-53-22-20-44)42-40(48)33(24-32-16-11-15-31-14-9-10-17-35(31)32)27-55(50,51)28-34(26-52-3)54-29(2)45/h9-11,14-17,30,33-34,36-39,46-47H,4-8,12-13,18-28H2,1-3H3,(H,42,48)(H,43,49)/t33-,34?,36+,37+,38+,39-/m1/s1. The summed E-state index contributed by atoms with van der Waals surface area (Å²) in [5.41, 5.74) is 0.779. The fraction of sp³-hybridized carbons (Fsp3) is 0.683. The van der Waals surface area contributed by atoms with Gasteiger partial charge in [-0.1, -0.05) is 94.3 Å². The highest BCUT2D eigenvalue weighted by molar-refractivity contribution is 7.91. The molecule has 308 valence electrons. The quantitative estimate of drug-likeness (QED) is 0.129. The van der Waals surface area contributed by atoms with Gasteiger partial charge in [0.1, 0.15) is 18.2 Å². The van der Waals surface area contributed by atoms with E-state index in [2.05, 4.69) is 10.6 Å². The molecule has 55 heavy (non-hydrogen) atoms. The minimum Gasteiger partial charge on any atom is -0.459 e. The zero-order valence-corrected chi connectivity index (χ0v) is 33.6. The maximum Gasteiger partial charge on any atom is 0.303 e. The molecule has 2 aromatic rings. The smallest absolute Gasteiger partial charge is 0.303 e. The molecule has 13 nitrogen and oxygen atoms in total. The number of amides is 2. The van der Waals surface area contributed by atoms with Gasteiger partial charge >= 0.3 is 5.97 Å². The molecule has 1 heterocycles. The number of aliphatic hydroxyl groups excluding tert-OH is 2. The van der Waals surface area contributed by atoms with Crippen molar-refractivity contribution in [1.29, 1.82) is 0 Å². The van der Waals surface area contributed by atoms with Gasteiger partial charge < -0.3 is 35.1 Å². The van der Waals surface area contributed by atoms with Crippen molar-refractivity contribution in [2.45, 2.75) is 108 Å². The van der Waals surface area contributed by atoms with E-state index in [-0.39, 0.29) is 25.5 Å². The van der Waals surface area contributed by atoms with Crippen LogP contribution in [-0.4, -0.2) is 130 Å². The molecule has 4 N–H and O–H groups in total. The lowest BCUT2D eigenvalue weighted by molar-refractivity contribution is -0.147. The molecule has 1 saturated carbocycles. The molecule has 1 saturated heterocycles. The van der Waals surface area contributed by atoms with Gasteiger partial charge in [-0.25, -0.2) is 8.42 Å². The van der Waals surface area contributed by atoms with Crippen molar-refractivity contribution in [2.75, 3.05) is 58.1 Å². The number of benzene rings is 2. The summed E-state index contributed by atoms with van der Waals surface area (Å²) >= 11 is 0. The van der Waals surface area contributed by atoms with Gasteiger partial charge in [-0.15, -0.1) is 0 Å². The second-order valence-corrected chi connectivity index (χ2v) is 17.5. The van der Waals surface area contributed by atoms with Crippen LogP contribution in [0.3, 0.4) is 0 Å². The van der Waals surface area contributed by atoms with Gasteiger partial charge in [-0.05, 0) is 41.5 Å². The van der Waals surface area contributed by atoms with E-state index in [9.17, 15) is 33.0 Å². The SMILES string of the molecule is CCCC[C@H](NC(=O)[C@H](Cc1cccc2ccccc12)CS(=O)(=O)CC(COC)OC(C)=O)C(=O)N[C@@H](CC1CCCCC1)[C@@H](O)[C@@H](O)CN1CCOCC1. The van der Waals surface area contributed by atoms with Crippen molar-refractivity contribution < 1.29 is 47.2 Å². The van der Waals surface area contributed by atoms with Crippen LogP contribution in [0.1, 0.15) is 77.2 Å². The topological polar surface area (TPSA) is 181 Å². The first-order chi connectivity index (χ1) is 26.4. The summed E-state index contributed by atoms with van der Waals surface area (Å²) in [6, 6.07) is 11.6. The van der Waals surface area contributed by atoms with E-state index in [4.69, 9.17) is 14.2 Å². The first kappa shape index (κ1) is 44.6. The van der Waals surface area contributed by atoms with E-state index in [0.717, 1.165) is 54.9 Å². The Bertz CT molecular complexity index is 1610. The average molecular weight is 790 g/mol. The van der Waals surface area contributed by atoms with E-state index in [1.165, 1.54) is 14.0 Å². The number of morpholine rings is 1. The van der Waals surface area contributed by atoms with Gasteiger partial charge in [-0.3, -0.25) is 19.3 Å². The Labute approximate surface area is 326 Å². The summed E-state index contributed by atoms with van der Waals surface area (Å²) in [5.74, 6) is -3.63. The van der Waals surface area contributed by atoms with E-state index in [1.54, 1.807) is 0 Å². The van der Waals surface area contributed by atoms with Crippen molar-refractivity contribution in [3.8, 4) is 0 Å². The van der Waals surface area contributed by atoms with Crippen LogP contribution in [0.25, 0.3) is 10.8 Å². The van der Waals surface area contributed by atoms with Gasteiger partial charge in [0, 0.05) is 33.7 Å². The maximum atomic E-state index is 14.3. The second kappa shape index (κ2) is 22.6.